The Hall–Kier alpha value is -2.59. The van der Waals surface area contributed by atoms with Crippen LogP contribution >= 0.6 is 0 Å². The van der Waals surface area contributed by atoms with Gasteiger partial charge in [-0.1, -0.05) is 36.4 Å². The van der Waals surface area contributed by atoms with Gasteiger partial charge in [-0.2, -0.15) is 0 Å². The van der Waals surface area contributed by atoms with Crippen LogP contribution in [0.4, 0.5) is 0 Å². The molecule has 0 atom stereocenters. The normalized spacial score (nSPS) is 10.7. The first kappa shape index (κ1) is 16.3. The van der Waals surface area contributed by atoms with Crippen molar-refractivity contribution < 1.29 is 9.47 Å². The number of hydrogen-bond donors (Lipinski definition) is 1. The van der Waals surface area contributed by atoms with Crippen molar-refractivity contribution in [2.45, 2.75) is 13.0 Å². The molecule has 0 fully saturated rings. The minimum Gasteiger partial charge on any atom is -0.497 e. The van der Waals surface area contributed by atoms with E-state index < -0.39 is 0 Å². The van der Waals surface area contributed by atoms with Crippen LogP contribution < -0.4 is 14.8 Å². The molecule has 24 heavy (non-hydrogen) atoms. The van der Waals surface area contributed by atoms with Crippen LogP contribution in [0.2, 0.25) is 0 Å². The lowest BCUT2D eigenvalue weighted by Gasteiger charge is -2.10. The van der Waals surface area contributed by atoms with Gasteiger partial charge in [0, 0.05) is 18.1 Å². The van der Waals surface area contributed by atoms with Crippen LogP contribution in [0.1, 0.15) is 12.0 Å². The molecule has 3 rings (SSSR count). The molecule has 0 aliphatic carbocycles. The van der Waals surface area contributed by atoms with Crippen LogP contribution in [0.15, 0.2) is 60.8 Å². The molecule has 0 saturated carbocycles. The average Bonchev–Trinajstić information content (AvgIpc) is 2.65. The molecule has 0 unspecified atom stereocenters. The molecule has 2 aromatic carbocycles. The van der Waals surface area contributed by atoms with Gasteiger partial charge in [-0.25, -0.2) is 4.98 Å². The Balaban J connectivity index is 1.49. The van der Waals surface area contributed by atoms with Gasteiger partial charge in [0.25, 0.3) is 0 Å². The number of benzene rings is 2. The maximum atomic E-state index is 5.86. The Morgan fingerprint density at radius 2 is 1.92 bits per heavy atom. The molecular formula is C20H22N2O2. The van der Waals surface area contributed by atoms with Crippen molar-refractivity contribution >= 4 is 10.8 Å². The van der Waals surface area contributed by atoms with Gasteiger partial charge in [-0.05, 0) is 42.1 Å². The van der Waals surface area contributed by atoms with Gasteiger partial charge in [0.2, 0.25) is 5.88 Å². The topological polar surface area (TPSA) is 43.4 Å². The summed E-state index contributed by atoms with van der Waals surface area (Å²) < 4.78 is 11.1. The number of nitrogens with zero attached hydrogens (tertiary/aromatic N) is 1. The highest BCUT2D eigenvalue weighted by atomic mass is 16.5. The number of aromatic nitrogens is 1. The van der Waals surface area contributed by atoms with Crippen molar-refractivity contribution in [3.63, 3.8) is 0 Å². The Morgan fingerprint density at radius 1 is 1.04 bits per heavy atom. The predicted molar refractivity (Wildman–Crippen MR) is 96.6 cm³/mol. The molecule has 4 nitrogen and oxygen atoms in total. The second kappa shape index (κ2) is 8.31. The Kier molecular flexibility index (Phi) is 5.64. The highest BCUT2D eigenvalue weighted by Gasteiger charge is 2.05. The minimum absolute atomic E-state index is 0.630. The fraction of sp³-hybridized carbons (Fsp3) is 0.250. The summed E-state index contributed by atoms with van der Waals surface area (Å²) in [6.07, 6.45) is 2.70. The van der Waals surface area contributed by atoms with Crippen molar-refractivity contribution in [2.24, 2.45) is 0 Å². The summed E-state index contributed by atoms with van der Waals surface area (Å²) >= 11 is 0. The maximum absolute atomic E-state index is 5.86. The highest BCUT2D eigenvalue weighted by molar-refractivity contribution is 5.87. The van der Waals surface area contributed by atoms with E-state index in [9.17, 15) is 0 Å². The number of nitrogens with one attached hydrogen (secondary N) is 1. The molecule has 1 heterocycles. The van der Waals surface area contributed by atoms with Crippen LogP contribution in [-0.2, 0) is 6.54 Å². The van der Waals surface area contributed by atoms with E-state index in [0.717, 1.165) is 36.0 Å². The number of ether oxygens (including phenoxy) is 2. The Morgan fingerprint density at radius 3 is 2.75 bits per heavy atom. The third kappa shape index (κ3) is 4.24. The molecule has 0 saturated heterocycles. The minimum atomic E-state index is 0.630. The molecule has 1 N–H and O–H groups in total. The second-order valence-electron chi connectivity index (χ2n) is 5.57. The summed E-state index contributed by atoms with van der Waals surface area (Å²) in [5.74, 6) is 1.47. The second-order valence-corrected chi connectivity index (χ2v) is 5.57. The monoisotopic (exact) mass is 322 g/mol. The largest absolute Gasteiger partial charge is 0.497 e. The van der Waals surface area contributed by atoms with E-state index >= 15 is 0 Å². The van der Waals surface area contributed by atoms with E-state index in [2.05, 4.69) is 34.6 Å². The average molecular weight is 322 g/mol. The van der Waals surface area contributed by atoms with Crippen molar-refractivity contribution in [2.75, 3.05) is 20.3 Å². The SMILES string of the molecule is COc1ccc2ccnc(OCCCNCc3ccccc3)c2c1. The molecule has 0 aliphatic heterocycles. The summed E-state index contributed by atoms with van der Waals surface area (Å²) in [6, 6.07) is 18.3. The van der Waals surface area contributed by atoms with Crippen molar-refractivity contribution in [1.82, 2.24) is 10.3 Å². The van der Waals surface area contributed by atoms with E-state index in [0.29, 0.717) is 12.5 Å². The lowest BCUT2D eigenvalue weighted by molar-refractivity contribution is 0.300. The van der Waals surface area contributed by atoms with Gasteiger partial charge in [0.15, 0.2) is 0 Å². The molecule has 124 valence electrons. The van der Waals surface area contributed by atoms with Crippen molar-refractivity contribution in [3.8, 4) is 11.6 Å². The smallest absolute Gasteiger partial charge is 0.221 e. The molecule has 0 bridgehead atoms. The Labute approximate surface area is 142 Å². The summed E-state index contributed by atoms with van der Waals surface area (Å²) in [4.78, 5) is 4.35. The standard InChI is InChI=1S/C20H22N2O2/c1-23-18-9-8-17-10-12-22-20(19(17)14-18)24-13-5-11-21-15-16-6-3-2-4-7-16/h2-4,6-10,12,14,21H,5,11,13,15H2,1H3. The first-order valence-electron chi connectivity index (χ1n) is 8.17. The quantitative estimate of drug-likeness (QED) is 0.641. The van der Waals surface area contributed by atoms with Gasteiger partial charge in [-0.15, -0.1) is 0 Å². The number of pyridine rings is 1. The van der Waals surface area contributed by atoms with Gasteiger partial charge in [0.05, 0.1) is 13.7 Å². The summed E-state index contributed by atoms with van der Waals surface area (Å²) in [7, 11) is 1.66. The van der Waals surface area contributed by atoms with E-state index in [-0.39, 0.29) is 0 Å². The van der Waals surface area contributed by atoms with E-state index in [1.165, 1.54) is 5.56 Å². The first-order valence-corrected chi connectivity index (χ1v) is 8.17. The molecule has 4 heteroatoms. The number of methoxy groups -OCH3 is 1. The molecule has 3 aromatic rings. The zero-order chi connectivity index (χ0) is 16.6. The third-order valence-corrected chi connectivity index (χ3v) is 3.85. The van der Waals surface area contributed by atoms with Crippen LogP contribution in [-0.4, -0.2) is 25.2 Å². The Bertz CT molecular complexity index is 775. The summed E-state index contributed by atoms with van der Waals surface area (Å²) in [5, 5.41) is 5.50. The van der Waals surface area contributed by atoms with Gasteiger partial charge in [-0.3, -0.25) is 0 Å². The fourth-order valence-corrected chi connectivity index (χ4v) is 2.56. The molecular weight excluding hydrogens is 300 g/mol. The van der Waals surface area contributed by atoms with Crippen molar-refractivity contribution in [3.05, 3.63) is 66.4 Å². The number of fused-ring (bicyclic) bond motifs is 1. The van der Waals surface area contributed by atoms with Gasteiger partial charge in [0.1, 0.15) is 5.75 Å². The summed E-state index contributed by atoms with van der Waals surface area (Å²) in [5.41, 5.74) is 1.29. The van der Waals surface area contributed by atoms with Gasteiger partial charge < -0.3 is 14.8 Å². The third-order valence-electron chi connectivity index (χ3n) is 3.85. The van der Waals surface area contributed by atoms with Crippen LogP contribution in [0, 0.1) is 0 Å². The van der Waals surface area contributed by atoms with E-state index in [1.54, 1.807) is 13.3 Å². The van der Waals surface area contributed by atoms with Gasteiger partial charge >= 0.3 is 0 Å². The van der Waals surface area contributed by atoms with Crippen LogP contribution in [0.3, 0.4) is 0 Å². The van der Waals surface area contributed by atoms with Crippen LogP contribution in [0.5, 0.6) is 11.6 Å². The lowest BCUT2D eigenvalue weighted by atomic mass is 10.1. The zero-order valence-electron chi connectivity index (χ0n) is 13.9. The number of rotatable bonds is 8. The van der Waals surface area contributed by atoms with Crippen molar-refractivity contribution in [1.29, 1.82) is 0 Å². The van der Waals surface area contributed by atoms with Crippen LogP contribution in [0.25, 0.3) is 10.8 Å². The zero-order valence-corrected chi connectivity index (χ0v) is 13.9. The fourth-order valence-electron chi connectivity index (χ4n) is 2.56. The lowest BCUT2D eigenvalue weighted by Crippen LogP contribution is -2.17. The molecule has 0 spiro atoms. The summed E-state index contributed by atoms with van der Waals surface area (Å²) in [6.45, 7) is 2.42. The highest BCUT2D eigenvalue weighted by Crippen LogP contribution is 2.27. The molecule has 0 amide bonds. The maximum Gasteiger partial charge on any atom is 0.221 e. The molecule has 0 radical (unpaired) electrons. The molecule has 0 aliphatic rings. The first-order chi connectivity index (χ1) is 11.9. The van der Waals surface area contributed by atoms with E-state index in [1.807, 2.05) is 30.3 Å². The predicted octanol–water partition coefficient (Wildman–Crippen LogP) is 3.80. The van der Waals surface area contributed by atoms with E-state index in [4.69, 9.17) is 9.47 Å². The molecule has 1 aromatic heterocycles. The number of hydrogen-bond acceptors (Lipinski definition) is 4.